The lowest BCUT2D eigenvalue weighted by atomic mass is 9.90. The fourth-order valence-corrected chi connectivity index (χ4v) is 5.39. The van der Waals surface area contributed by atoms with E-state index in [2.05, 4.69) is 4.99 Å². The van der Waals surface area contributed by atoms with Crippen LogP contribution in [0.2, 0.25) is 0 Å². The monoisotopic (exact) mass is 503 g/mol. The summed E-state index contributed by atoms with van der Waals surface area (Å²) in [7, 11) is 1.33. The Kier molecular flexibility index (Phi) is 7.49. The van der Waals surface area contributed by atoms with Crippen LogP contribution in [0.4, 0.5) is 5.69 Å². The highest BCUT2D eigenvalue weighted by molar-refractivity contribution is 8.14. The van der Waals surface area contributed by atoms with Crippen LogP contribution in [0.1, 0.15) is 27.0 Å². The van der Waals surface area contributed by atoms with Crippen LogP contribution in [-0.4, -0.2) is 45.3 Å². The molecule has 0 N–H and O–H groups in total. The number of hydrogen-bond acceptors (Lipinski definition) is 6. The Balaban J connectivity index is 1.75. The first-order valence-electron chi connectivity index (χ1n) is 11.3. The molecule has 1 unspecified atom stereocenters. The van der Waals surface area contributed by atoms with Crippen LogP contribution < -0.4 is 0 Å². The molecule has 184 valence electrons. The highest BCUT2D eigenvalue weighted by atomic mass is 32.2. The number of carbonyl (C=O) groups is 2. The van der Waals surface area contributed by atoms with Crippen molar-refractivity contribution in [2.45, 2.75) is 25.4 Å². The predicted molar refractivity (Wildman–Crippen MR) is 139 cm³/mol. The third-order valence-corrected chi connectivity index (χ3v) is 7.27. The largest absolute Gasteiger partial charge is 0.467 e. The summed E-state index contributed by atoms with van der Waals surface area (Å²) >= 11 is 1.32. The number of hydrogen-bond donors (Lipinski definition) is 0. The summed E-state index contributed by atoms with van der Waals surface area (Å²) in [5.41, 5.74) is 1.98. The van der Waals surface area contributed by atoms with Crippen LogP contribution in [-0.2, 0) is 22.5 Å². The number of nitro benzene ring substituents is 1. The Labute approximate surface area is 213 Å². The number of benzene rings is 3. The molecular formula is C27H25N3O5S. The molecule has 1 saturated heterocycles. The number of rotatable bonds is 7. The van der Waals surface area contributed by atoms with Crippen LogP contribution in [0.15, 0.2) is 83.9 Å². The summed E-state index contributed by atoms with van der Waals surface area (Å²) in [6, 6.07) is 22.9. The van der Waals surface area contributed by atoms with E-state index < -0.39 is 22.3 Å². The quantitative estimate of drug-likeness (QED) is 0.259. The number of carbonyl (C=O) groups excluding carboxylic acids is 2. The van der Waals surface area contributed by atoms with Crippen molar-refractivity contribution < 1.29 is 19.2 Å². The van der Waals surface area contributed by atoms with Gasteiger partial charge in [0.1, 0.15) is 0 Å². The molecule has 9 heteroatoms. The van der Waals surface area contributed by atoms with Crippen molar-refractivity contribution in [1.82, 2.24) is 4.90 Å². The lowest BCUT2D eigenvalue weighted by Gasteiger charge is -2.36. The van der Waals surface area contributed by atoms with Crippen LogP contribution in [0.25, 0.3) is 0 Å². The second-order valence-electron chi connectivity index (χ2n) is 8.55. The SMILES string of the molecule is COC(=O)C1(Cc2ccc([N+](=O)[O-])cc2)CSC(=NC(=O)c2ccc(C)cc2)N1Cc1ccccc1. The van der Waals surface area contributed by atoms with E-state index in [1.807, 2.05) is 54.3 Å². The maximum Gasteiger partial charge on any atom is 0.333 e. The van der Waals surface area contributed by atoms with Gasteiger partial charge >= 0.3 is 5.97 Å². The number of non-ortho nitro benzene ring substituents is 1. The zero-order valence-corrected chi connectivity index (χ0v) is 20.7. The van der Waals surface area contributed by atoms with Gasteiger partial charge in [0.2, 0.25) is 0 Å². The normalized spacial score (nSPS) is 18.3. The fraction of sp³-hybridized carbons (Fsp3) is 0.222. The number of nitrogens with zero attached hydrogens (tertiary/aromatic N) is 3. The molecule has 0 bridgehead atoms. The van der Waals surface area contributed by atoms with Gasteiger partial charge in [-0.15, -0.1) is 0 Å². The van der Waals surface area contributed by atoms with Crippen LogP contribution in [0.3, 0.4) is 0 Å². The van der Waals surface area contributed by atoms with Crippen LogP contribution >= 0.6 is 11.8 Å². The summed E-state index contributed by atoms with van der Waals surface area (Å²) in [6.07, 6.45) is 0.231. The summed E-state index contributed by atoms with van der Waals surface area (Å²) in [4.78, 5) is 43.2. The molecule has 0 aliphatic carbocycles. The zero-order chi connectivity index (χ0) is 25.7. The highest BCUT2D eigenvalue weighted by Crippen LogP contribution is 2.39. The minimum atomic E-state index is -1.15. The number of aryl methyl sites for hydroxylation is 1. The fourth-order valence-electron chi connectivity index (χ4n) is 4.10. The third-order valence-electron chi connectivity index (χ3n) is 6.08. The first-order valence-corrected chi connectivity index (χ1v) is 12.3. The molecule has 36 heavy (non-hydrogen) atoms. The maximum absolute atomic E-state index is 13.3. The minimum Gasteiger partial charge on any atom is -0.467 e. The molecule has 1 heterocycles. The summed E-state index contributed by atoms with van der Waals surface area (Å²) < 4.78 is 5.25. The minimum absolute atomic E-state index is 0.0289. The number of nitro groups is 1. The summed E-state index contributed by atoms with van der Waals surface area (Å²) in [5, 5.41) is 11.5. The molecule has 1 fully saturated rings. The second kappa shape index (κ2) is 10.7. The number of amides is 1. The number of methoxy groups -OCH3 is 1. The topological polar surface area (TPSA) is 102 Å². The first-order chi connectivity index (χ1) is 17.3. The molecule has 0 radical (unpaired) electrons. The number of aliphatic imine (C=N–C) groups is 1. The predicted octanol–water partition coefficient (Wildman–Crippen LogP) is 4.80. The number of amidine groups is 1. The van der Waals surface area contributed by atoms with Gasteiger partial charge < -0.3 is 9.64 Å². The molecule has 1 aliphatic heterocycles. The van der Waals surface area contributed by atoms with Crippen molar-refractivity contribution in [1.29, 1.82) is 0 Å². The van der Waals surface area contributed by atoms with Gasteiger partial charge in [-0.2, -0.15) is 4.99 Å². The molecule has 0 spiro atoms. The Morgan fingerprint density at radius 2 is 1.69 bits per heavy atom. The van der Waals surface area contributed by atoms with Gasteiger partial charge in [-0.25, -0.2) is 4.79 Å². The van der Waals surface area contributed by atoms with E-state index >= 15 is 0 Å². The smallest absolute Gasteiger partial charge is 0.333 e. The Hall–Kier alpha value is -3.98. The Morgan fingerprint density at radius 3 is 2.31 bits per heavy atom. The van der Waals surface area contributed by atoms with Gasteiger partial charge in [-0.05, 0) is 30.2 Å². The molecule has 3 aromatic rings. The van der Waals surface area contributed by atoms with Crippen molar-refractivity contribution >= 4 is 34.5 Å². The maximum atomic E-state index is 13.3. The van der Waals surface area contributed by atoms with Gasteiger partial charge in [0.25, 0.3) is 11.6 Å². The van der Waals surface area contributed by atoms with Crippen molar-refractivity contribution in [2.75, 3.05) is 12.9 Å². The highest BCUT2D eigenvalue weighted by Gasteiger charge is 2.52. The number of esters is 1. The lowest BCUT2D eigenvalue weighted by molar-refractivity contribution is -0.384. The van der Waals surface area contributed by atoms with Crippen LogP contribution in [0, 0.1) is 17.0 Å². The van der Waals surface area contributed by atoms with E-state index in [0.29, 0.717) is 23.0 Å². The van der Waals surface area contributed by atoms with Gasteiger partial charge in [0.15, 0.2) is 10.7 Å². The number of ether oxygens (including phenoxy) is 1. The molecule has 0 saturated carbocycles. The molecule has 4 rings (SSSR count). The second-order valence-corrected chi connectivity index (χ2v) is 9.49. The van der Waals surface area contributed by atoms with Gasteiger partial charge in [0.05, 0.1) is 12.0 Å². The van der Waals surface area contributed by atoms with Crippen molar-refractivity contribution in [2.24, 2.45) is 4.99 Å². The third kappa shape index (κ3) is 5.31. The summed E-state index contributed by atoms with van der Waals surface area (Å²) in [6.45, 7) is 2.27. The molecule has 1 amide bonds. The Morgan fingerprint density at radius 1 is 1.03 bits per heavy atom. The van der Waals surface area contributed by atoms with E-state index in [4.69, 9.17) is 4.74 Å². The lowest BCUT2D eigenvalue weighted by Crippen LogP contribution is -2.55. The molecular weight excluding hydrogens is 478 g/mol. The molecule has 1 aliphatic rings. The van der Waals surface area contributed by atoms with Gasteiger partial charge in [-0.1, -0.05) is 71.9 Å². The Bertz CT molecular complexity index is 1290. The van der Waals surface area contributed by atoms with Crippen LogP contribution in [0.5, 0.6) is 0 Å². The van der Waals surface area contributed by atoms with E-state index in [0.717, 1.165) is 16.7 Å². The van der Waals surface area contributed by atoms with E-state index in [1.165, 1.54) is 31.0 Å². The molecule has 8 nitrogen and oxygen atoms in total. The standard InChI is InChI=1S/C27H25N3O5S/c1-19-8-12-22(13-9-19)24(31)28-26-29(17-21-6-4-3-5-7-21)27(18-36-26,25(32)35-2)16-20-10-14-23(15-11-20)30(33)34/h3-15H,16-18H2,1-2H3. The average Bonchev–Trinajstić information content (AvgIpc) is 3.22. The van der Waals surface area contributed by atoms with E-state index in [1.54, 1.807) is 24.3 Å². The molecule has 3 aromatic carbocycles. The molecule has 1 atom stereocenters. The van der Waals surface area contributed by atoms with Crippen molar-refractivity contribution in [3.05, 3.63) is 111 Å². The first kappa shape index (κ1) is 25.1. The average molecular weight is 504 g/mol. The van der Waals surface area contributed by atoms with Gasteiger partial charge in [0, 0.05) is 36.4 Å². The molecule has 0 aromatic heterocycles. The van der Waals surface area contributed by atoms with E-state index in [9.17, 15) is 19.7 Å². The number of thioether (sulfide) groups is 1. The van der Waals surface area contributed by atoms with Gasteiger partial charge in [-0.3, -0.25) is 14.9 Å². The zero-order valence-electron chi connectivity index (χ0n) is 19.9. The summed E-state index contributed by atoms with van der Waals surface area (Å²) in [5.74, 6) is -0.549. The van der Waals surface area contributed by atoms with Crippen molar-refractivity contribution in [3.63, 3.8) is 0 Å². The van der Waals surface area contributed by atoms with Crippen molar-refractivity contribution in [3.8, 4) is 0 Å². The van der Waals surface area contributed by atoms with E-state index in [-0.39, 0.29) is 12.1 Å².